The molecule has 212 valence electrons. The molecule has 0 saturated heterocycles. The van der Waals surface area contributed by atoms with Crippen LogP contribution in [0.5, 0.6) is 0 Å². The minimum atomic E-state index is -1.11. The van der Waals surface area contributed by atoms with E-state index < -0.39 is 41.2 Å². The van der Waals surface area contributed by atoms with Crippen molar-refractivity contribution in [2.45, 2.75) is 86.0 Å². The summed E-state index contributed by atoms with van der Waals surface area (Å²) in [6, 6.07) is 4.19. The summed E-state index contributed by atoms with van der Waals surface area (Å²) in [7, 11) is 0. The third-order valence-electron chi connectivity index (χ3n) is 4.91. The first kappa shape index (κ1) is 31.6. The van der Waals surface area contributed by atoms with Crippen LogP contribution in [0.15, 0.2) is 12.1 Å². The molecule has 0 aliphatic heterocycles. The number of hydrogen-bond acceptors (Lipinski definition) is 8. The number of nitriles is 1. The van der Waals surface area contributed by atoms with E-state index in [0.717, 1.165) is 0 Å². The van der Waals surface area contributed by atoms with E-state index in [9.17, 15) is 19.6 Å². The minimum Gasteiger partial charge on any atom is -0.466 e. The quantitative estimate of drug-likeness (QED) is 0.285. The number of carbonyl (C=O) groups excluding carboxylic acids is 3. The van der Waals surface area contributed by atoms with Crippen molar-refractivity contribution in [1.29, 1.82) is 5.26 Å². The van der Waals surface area contributed by atoms with Gasteiger partial charge in [-0.1, -0.05) is 17.7 Å². The lowest BCUT2D eigenvalue weighted by Gasteiger charge is -2.29. The van der Waals surface area contributed by atoms with Crippen LogP contribution in [0.4, 0.5) is 19.8 Å². The Morgan fingerprint density at radius 3 is 2.08 bits per heavy atom. The zero-order valence-electron chi connectivity index (χ0n) is 23.6. The molecule has 10 nitrogen and oxygen atoms in total. The molecule has 1 aromatic carbocycles. The van der Waals surface area contributed by atoms with Crippen molar-refractivity contribution in [2.75, 3.05) is 11.5 Å². The number of rotatable bonds is 6. The molecule has 0 radical (unpaired) electrons. The smallest absolute Gasteiger partial charge is 0.425 e. The van der Waals surface area contributed by atoms with Gasteiger partial charge in [-0.2, -0.15) is 15.3 Å². The lowest BCUT2D eigenvalue weighted by atomic mass is 10.0. The van der Waals surface area contributed by atoms with Crippen molar-refractivity contribution >= 4 is 35.6 Å². The van der Waals surface area contributed by atoms with E-state index in [1.54, 1.807) is 62.3 Å². The number of halogens is 2. The van der Waals surface area contributed by atoms with Crippen LogP contribution in [0.1, 0.15) is 79.5 Å². The third-order valence-corrected chi connectivity index (χ3v) is 5.32. The first-order valence-corrected chi connectivity index (χ1v) is 12.7. The normalized spacial score (nSPS) is 11.7. The van der Waals surface area contributed by atoms with Crippen LogP contribution in [0.3, 0.4) is 0 Å². The Hall–Kier alpha value is -3.65. The predicted octanol–water partition coefficient (Wildman–Crippen LogP) is 6.58. The highest BCUT2D eigenvalue weighted by Gasteiger charge is 2.39. The molecule has 0 N–H and O–H groups in total. The number of nitrogens with zero attached hydrogens (tertiary/aromatic N) is 4. The topological polar surface area (TPSA) is 124 Å². The van der Waals surface area contributed by atoms with Crippen LogP contribution < -0.4 is 4.90 Å². The molecule has 0 aliphatic carbocycles. The Morgan fingerprint density at radius 1 is 1.10 bits per heavy atom. The number of amides is 2. The van der Waals surface area contributed by atoms with Gasteiger partial charge in [-0.3, -0.25) is 4.79 Å². The van der Waals surface area contributed by atoms with E-state index in [2.05, 4.69) is 5.10 Å². The number of ether oxygens (including phenoxy) is 3. The van der Waals surface area contributed by atoms with E-state index in [4.69, 9.17) is 25.8 Å². The minimum absolute atomic E-state index is 0.157. The van der Waals surface area contributed by atoms with Crippen molar-refractivity contribution < 1.29 is 33.0 Å². The summed E-state index contributed by atoms with van der Waals surface area (Å²) in [5, 5.41) is 14.2. The number of benzene rings is 1. The van der Waals surface area contributed by atoms with Gasteiger partial charge in [0.1, 0.15) is 28.5 Å². The summed E-state index contributed by atoms with van der Waals surface area (Å²) in [5.41, 5.74) is -2.43. The molecule has 1 aromatic heterocycles. The molecule has 2 amide bonds. The van der Waals surface area contributed by atoms with E-state index in [1.165, 1.54) is 16.8 Å². The van der Waals surface area contributed by atoms with Crippen LogP contribution in [-0.2, 0) is 25.4 Å². The van der Waals surface area contributed by atoms with Gasteiger partial charge in [0.15, 0.2) is 11.6 Å². The Balaban J connectivity index is 2.81. The maximum absolute atomic E-state index is 15.6. The highest BCUT2D eigenvalue weighted by atomic mass is 35.5. The molecule has 0 spiro atoms. The Kier molecular flexibility index (Phi) is 9.74. The number of carbonyl (C=O) groups is 3. The van der Waals surface area contributed by atoms with E-state index in [-0.39, 0.29) is 46.3 Å². The van der Waals surface area contributed by atoms with Crippen molar-refractivity contribution in [3.63, 3.8) is 0 Å². The standard InChI is InChI=1S/C27H34ClFN4O6/c1-10-37-19(34)13-16-11-12-17(21(29)20(16)28)22-18(14-30)23(33(31-22)15(2)3)32(24(35)38-26(4,5)6)25(36)39-27(7,8)9/h11-12,15H,10,13H2,1-9H3. The molecule has 0 saturated carbocycles. The highest BCUT2D eigenvalue weighted by molar-refractivity contribution is 6.32. The van der Waals surface area contributed by atoms with Crippen molar-refractivity contribution in [1.82, 2.24) is 9.78 Å². The molecule has 39 heavy (non-hydrogen) atoms. The maximum atomic E-state index is 15.6. The monoisotopic (exact) mass is 564 g/mol. The second-order valence-electron chi connectivity index (χ2n) is 10.9. The van der Waals surface area contributed by atoms with Crippen molar-refractivity contribution in [3.8, 4) is 17.3 Å². The second-order valence-corrected chi connectivity index (χ2v) is 11.3. The molecule has 2 rings (SSSR count). The van der Waals surface area contributed by atoms with Gasteiger partial charge in [0, 0.05) is 11.6 Å². The maximum Gasteiger partial charge on any atom is 0.425 e. The number of hydrogen-bond donors (Lipinski definition) is 0. The molecule has 0 atom stereocenters. The Labute approximate surface area is 232 Å². The van der Waals surface area contributed by atoms with Crippen LogP contribution >= 0.6 is 11.6 Å². The van der Waals surface area contributed by atoms with E-state index in [0.29, 0.717) is 4.90 Å². The predicted molar refractivity (Wildman–Crippen MR) is 143 cm³/mol. The fraction of sp³-hybridized carbons (Fsp3) is 0.519. The van der Waals surface area contributed by atoms with Gasteiger partial charge in [0.05, 0.1) is 18.1 Å². The summed E-state index contributed by atoms with van der Waals surface area (Å²) in [6.07, 6.45) is -2.47. The second kappa shape index (κ2) is 12.0. The fourth-order valence-electron chi connectivity index (χ4n) is 3.43. The summed E-state index contributed by atoms with van der Waals surface area (Å²) in [5.74, 6) is -1.77. The van der Waals surface area contributed by atoms with Crippen molar-refractivity contribution in [2.24, 2.45) is 0 Å². The molecular formula is C27H34ClFN4O6. The fourth-order valence-corrected chi connectivity index (χ4v) is 3.66. The van der Waals surface area contributed by atoms with Gasteiger partial charge in [0.25, 0.3) is 0 Å². The summed E-state index contributed by atoms with van der Waals surface area (Å²) < 4.78 is 32.6. The van der Waals surface area contributed by atoms with Gasteiger partial charge in [-0.05, 0) is 73.9 Å². The highest BCUT2D eigenvalue weighted by Crippen LogP contribution is 2.38. The Bertz CT molecular complexity index is 1270. The average molecular weight is 565 g/mol. The molecule has 12 heteroatoms. The number of imide groups is 1. The van der Waals surface area contributed by atoms with Crippen LogP contribution in [0.25, 0.3) is 11.3 Å². The molecule has 0 unspecified atom stereocenters. The molecule has 2 aromatic rings. The number of anilines is 1. The molecule has 0 bridgehead atoms. The Morgan fingerprint density at radius 2 is 1.64 bits per heavy atom. The van der Waals surface area contributed by atoms with E-state index in [1.807, 2.05) is 6.07 Å². The third kappa shape index (κ3) is 7.69. The number of esters is 1. The first-order chi connectivity index (χ1) is 17.9. The molecular weight excluding hydrogens is 531 g/mol. The van der Waals surface area contributed by atoms with Crippen LogP contribution in [0, 0.1) is 17.1 Å². The SMILES string of the molecule is CCOC(=O)Cc1ccc(-c2nn(C(C)C)c(N(C(=O)OC(C)(C)C)C(=O)OC(C)(C)C)c2C#N)c(F)c1Cl. The van der Waals surface area contributed by atoms with Crippen molar-refractivity contribution in [3.05, 3.63) is 34.1 Å². The molecule has 0 fully saturated rings. The van der Waals surface area contributed by atoms with Gasteiger partial charge in [-0.15, -0.1) is 0 Å². The summed E-state index contributed by atoms with van der Waals surface area (Å²) in [6.45, 7) is 14.9. The largest absolute Gasteiger partial charge is 0.466 e. The average Bonchev–Trinajstić information content (AvgIpc) is 3.14. The lowest BCUT2D eigenvalue weighted by Crippen LogP contribution is -2.45. The number of aromatic nitrogens is 2. The van der Waals surface area contributed by atoms with Gasteiger partial charge < -0.3 is 14.2 Å². The van der Waals surface area contributed by atoms with Gasteiger partial charge >= 0.3 is 18.2 Å². The van der Waals surface area contributed by atoms with E-state index >= 15 is 4.39 Å². The van der Waals surface area contributed by atoms with Crippen LogP contribution in [-0.4, -0.2) is 45.7 Å². The zero-order valence-corrected chi connectivity index (χ0v) is 24.4. The summed E-state index contributed by atoms with van der Waals surface area (Å²) >= 11 is 6.25. The lowest BCUT2D eigenvalue weighted by molar-refractivity contribution is -0.142. The van der Waals surface area contributed by atoms with Gasteiger partial charge in [0.2, 0.25) is 0 Å². The zero-order chi connectivity index (χ0) is 29.9. The molecule has 1 heterocycles. The van der Waals surface area contributed by atoms with Crippen LogP contribution in [0.2, 0.25) is 5.02 Å². The van der Waals surface area contributed by atoms with Gasteiger partial charge in [-0.25, -0.2) is 18.7 Å². The molecule has 0 aliphatic rings. The first-order valence-electron chi connectivity index (χ1n) is 12.3. The summed E-state index contributed by atoms with van der Waals surface area (Å²) in [4.78, 5) is 39.1.